The Morgan fingerprint density at radius 1 is 1.13 bits per heavy atom. The van der Waals surface area contributed by atoms with Gasteiger partial charge >= 0.3 is 0 Å². The van der Waals surface area contributed by atoms with Crippen LogP contribution in [0.1, 0.15) is 5.56 Å². The predicted octanol–water partition coefficient (Wildman–Crippen LogP) is 4.94. The van der Waals surface area contributed by atoms with E-state index in [1.165, 1.54) is 4.90 Å². The molecule has 0 bridgehead atoms. The number of aryl methyl sites for hydroxylation is 1. The molecule has 0 radical (unpaired) electrons. The molecule has 1 N–H and O–H groups in total. The Kier molecular flexibility index (Phi) is 4.53. The molecule has 1 heterocycles. The summed E-state index contributed by atoms with van der Waals surface area (Å²) in [7, 11) is 0. The third kappa shape index (κ3) is 3.32. The highest BCUT2D eigenvalue weighted by atomic mass is 35.5. The summed E-state index contributed by atoms with van der Waals surface area (Å²) in [5, 5.41) is 2.85. The molecular formula is C16H12Cl2N2O2S. The minimum atomic E-state index is -0.737. The first-order valence-electron chi connectivity index (χ1n) is 6.78. The van der Waals surface area contributed by atoms with E-state index in [1.807, 2.05) is 19.1 Å². The van der Waals surface area contributed by atoms with Gasteiger partial charge in [-0.25, -0.2) is 4.90 Å². The fourth-order valence-electron chi connectivity index (χ4n) is 2.25. The number of amides is 2. The molecule has 0 aliphatic carbocycles. The lowest BCUT2D eigenvalue weighted by atomic mass is 10.2. The topological polar surface area (TPSA) is 49.4 Å². The fourth-order valence-corrected chi connectivity index (χ4v) is 3.49. The number of hydrogen-bond donors (Lipinski definition) is 1. The van der Waals surface area contributed by atoms with Crippen LogP contribution in [0.4, 0.5) is 16.2 Å². The molecule has 7 heteroatoms. The number of nitrogens with zero attached hydrogens (tertiary/aromatic N) is 1. The molecule has 1 aliphatic rings. The van der Waals surface area contributed by atoms with Crippen LogP contribution >= 0.6 is 35.0 Å². The molecule has 2 aromatic carbocycles. The highest BCUT2D eigenvalue weighted by Gasteiger charge is 2.41. The Hall–Kier alpha value is -1.69. The van der Waals surface area contributed by atoms with E-state index in [4.69, 9.17) is 23.2 Å². The van der Waals surface area contributed by atoms with E-state index < -0.39 is 5.37 Å². The predicted molar refractivity (Wildman–Crippen MR) is 95.5 cm³/mol. The Morgan fingerprint density at radius 2 is 1.91 bits per heavy atom. The number of imide groups is 1. The van der Waals surface area contributed by atoms with Crippen molar-refractivity contribution < 1.29 is 9.59 Å². The lowest BCUT2D eigenvalue weighted by Gasteiger charge is -2.16. The van der Waals surface area contributed by atoms with Crippen LogP contribution in [0.15, 0.2) is 42.5 Å². The maximum Gasteiger partial charge on any atom is 0.295 e. The van der Waals surface area contributed by atoms with Crippen molar-refractivity contribution in [2.45, 2.75) is 12.3 Å². The van der Waals surface area contributed by atoms with Crippen LogP contribution < -0.4 is 10.2 Å². The van der Waals surface area contributed by atoms with Gasteiger partial charge in [0.1, 0.15) is 0 Å². The van der Waals surface area contributed by atoms with Gasteiger partial charge in [-0.05, 0) is 54.6 Å². The number of anilines is 2. The smallest absolute Gasteiger partial charge is 0.295 e. The number of carbonyl (C=O) groups is 2. The molecule has 2 aromatic rings. The SMILES string of the molecule is Cc1cccc(N2C(=O)SC(Nc3cc(Cl)ccc3Cl)C2=O)c1. The second-order valence-electron chi connectivity index (χ2n) is 5.04. The van der Waals surface area contributed by atoms with Crippen molar-refractivity contribution in [3.8, 4) is 0 Å². The number of rotatable bonds is 3. The van der Waals surface area contributed by atoms with E-state index in [9.17, 15) is 9.59 Å². The molecule has 4 nitrogen and oxygen atoms in total. The first-order chi connectivity index (χ1) is 11.0. The quantitative estimate of drug-likeness (QED) is 0.835. The third-order valence-electron chi connectivity index (χ3n) is 3.32. The summed E-state index contributed by atoms with van der Waals surface area (Å²) in [4.78, 5) is 26.0. The van der Waals surface area contributed by atoms with Crippen LogP contribution in [0.25, 0.3) is 0 Å². The molecule has 23 heavy (non-hydrogen) atoms. The van der Waals surface area contributed by atoms with Gasteiger partial charge in [-0.1, -0.05) is 35.3 Å². The highest BCUT2D eigenvalue weighted by molar-refractivity contribution is 8.16. The van der Waals surface area contributed by atoms with Crippen molar-refractivity contribution >= 4 is 57.5 Å². The second kappa shape index (κ2) is 6.43. The van der Waals surface area contributed by atoms with Crippen LogP contribution in [0, 0.1) is 6.92 Å². The number of halogens is 2. The maximum absolute atomic E-state index is 12.6. The Labute approximate surface area is 147 Å². The van der Waals surface area contributed by atoms with Gasteiger partial charge in [-0.3, -0.25) is 9.59 Å². The summed E-state index contributed by atoms with van der Waals surface area (Å²) in [6.45, 7) is 1.91. The van der Waals surface area contributed by atoms with Crippen molar-refractivity contribution in [1.82, 2.24) is 0 Å². The van der Waals surface area contributed by atoms with E-state index in [2.05, 4.69) is 5.32 Å². The molecule has 0 spiro atoms. The Morgan fingerprint density at radius 3 is 2.65 bits per heavy atom. The summed E-state index contributed by atoms with van der Waals surface area (Å²) in [5.74, 6) is -0.332. The number of hydrogen-bond acceptors (Lipinski definition) is 4. The van der Waals surface area contributed by atoms with Gasteiger partial charge in [-0.2, -0.15) is 0 Å². The first kappa shape index (κ1) is 16.2. The van der Waals surface area contributed by atoms with Gasteiger partial charge in [0.2, 0.25) is 0 Å². The summed E-state index contributed by atoms with van der Waals surface area (Å²) in [5.41, 5.74) is 2.06. The lowest BCUT2D eigenvalue weighted by molar-refractivity contribution is -0.116. The molecule has 1 fully saturated rings. The molecule has 1 unspecified atom stereocenters. The zero-order chi connectivity index (χ0) is 16.6. The fraction of sp³-hybridized carbons (Fsp3) is 0.125. The molecule has 118 valence electrons. The van der Waals surface area contributed by atoms with Crippen molar-refractivity contribution in [2.75, 3.05) is 10.2 Å². The van der Waals surface area contributed by atoms with Crippen LogP contribution in [-0.2, 0) is 4.79 Å². The van der Waals surface area contributed by atoms with Gasteiger partial charge in [0, 0.05) is 5.02 Å². The molecule has 1 atom stereocenters. The molecular weight excluding hydrogens is 355 g/mol. The highest BCUT2D eigenvalue weighted by Crippen LogP contribution is 2.35. The van der Waals surface area contributed by atoms with E-state index in [0.717, 1.165) is 17.3 Å². The van der Waals surface area contributed by atoms with E-state index in [-0.39, 0.29) is 11.1 Å². The monoisotopic (exact) mass is 366 g/mol. The summed E-state index contributed by atoms with van der Waals surface area (Å²) >= 11 is 13.0. The average molecular weight is 367 g/mol. The first-order valence-corrected chi connectivity index (χ1v) is 8.42. The van der Waals surface area contributed by atoms with Crippen molar-refractivity contribution in [2.24, 2.45) is 0 Å². The summed E-state index contributed by atoms with van der Waals surface area (Å²) in [6, 6.07) is 12.2. The second-order valence-corrected chi connectivity index (χ2v) is 6.94. The number of nitrogens with one attached hydrogen (secondary N) is 1. The van der Waals surface area contributed by atoms with E-state index >= 15 is 0 Å². The molecule has 3 rings (SSSR count). The summed E-state index contributed by atoms with van der Waals surface area (Å²) < 4.78 is 0. The Bertz CT molecular complexity index is 797. The molecule has 0 aromatic heterocycles. The molecule has 1 aliphatic heterocycles. The minimum Gasteiger partial charge on any atom is -0.364 e. The van der Waals surface area contributed by atoms with E-state index in [0.29, 0.717) is 21.4 Å². The number of benzene rings is 2. The standard InChI is InChI=1S/C16H12Cl2N2O2S/c1-9-3-2-4-11(7-9)20-15(21)14(23-16(20)22)19-13-8-10(17)5-6-12(13)18/h2-8,14,19H,1H3. The third-order valence-corrected chi connectivity index (χ3v) is 4.82. The largest absolute Gasteiger partial charge is 0.364 e. The van der Waals surface area contributed by atoms with E-state index in [1.54, 1.807) is 30.3 Å². The Balaban J connectivity index is 1.85. The van der Waals surface area contributed by atoms with Gasteiger partial charge < -0.3 is 5.32 Å². The van der Waals surface area contributed by atoms with Crippen LogP contribution in [0.3, 0.4) is 0 Å². The normalized spacial score (nSPS) is 17.7. The van der Waals surface area contributed by atoms with Crippen molar-refractivity contribution in [3.63, 3.8) is 0 Å². The zero-order valence-corrected chi connectivity index (χ0v) is 14.4. The molecule has 1 saturated heterocycles. The van der Waals surface area contributed by atoms with Gasteiger partial charge in [0.05, 0.1) is 16.4 Å². The summed E-state index contributed by atoms with van der Waals surface area (Å²) in [6.07, 6.45) is 0. The average Bonchev–Trinajstić information content (AvgIpc) is 2.77. The molecule has 2 amide bonds. The van der Waals surface area contributed by atoms with Crippen LogP contribution in [-0.4, -0.2) is 16.5 Å². The maximum atomic E-state index is 12.6. The van der Waals surface area contributed by atoms with Crippen molar-refractivity contribution in [1.29, 1.82) is 0 Å². The number of carbonyl (C=O) groups excluding carboxylic acids is 2. The molecule has 0 saturated carbocycles. The van der Waals surface area contributed by atoms with Gasteiger partial charge in [0.25, 0.3) is 11.1 Å². The lowest BCUT2D eigenvalue weighted by Crippen LogP contribution is -2.34. The van der Waals surface area contributed by atoms with Gasteiger partial charge in [-0.15, -0.1) is 0 Å². The number of thioether (sulfide) groups is 1. The van der Waals surface area contributed by atoms with Crippen molar-refractivity contribution in [3.05, 3.63) is 58.1 Å². The van der Waals surface area contributed by atoms with Gasteiger partial charge in [0.15, 0.2) is 5.37 Å². The van der Waals surface area contributed by atoms with Crippen LogP contribution in [0.5, 0.6) is 0 Å². The zero-order valence-electron chi connectivity index (χ0n) is 12.0. The minimum absolute atomic E-state index is 0.323. The van der Waals surface area contributed by atoms with Crippen LogP contribution in [0.2, 0.25) is 10.0 Å².